The van der Waals surface area contributed by atoms with Gasteiger partial charge >= 0.3 is 0 Å². The number of aromatic nitrogens is 2. The van der Waals surface area contributed by atoms with E-state index in [0.29, 0.717) is 13.1 Å². The van der Waals surface area contributed by atoms with E-state index in [1.807, 2.05) is 6.92 Å². The minimum Gasteiger partial charge on any atom is -0.315 e. The second-order valence-electron chi connectivity index (χ2n) is 3.57. The van der Waals surface area contributed by atoms with Crippen LogP contribution in [0.1, 0.15) is 13.3 Å². The minimum atomic E-state index is -3.59. The fraction of sp³-hybridized carbons (Fsp3) is 0.667. The highest BCUT2D eigenvalue weighted by atomic mass is 35.5. The molecule has 1 aromatic heterocycles. The highest BCUT2D eigenvalue weighted by molar-refractivity contribution is 7.89. The Kier molecular flexibility index (Phi) is 5.38. The Morgan fingerprint density at radius 3 is 2.65 bits per heavy atom. The Morgan fingerprint density at radius 2 is 2.12 bits per heavy atom. The Morgan fingerprint density at radius 1 is 1.41 bits per heavy atom. The van der Waals surface area contributed by atoms with Crippen LogP contribution in [-0.2, 0) is 17.1 Å². The lowest BCUT2D eigenvalue weighted by molar-refractivity contribution is 0.558. The molecule has 0 saturated carbocycles. The first-order valence-electron chi connectivity index (χ1n) is 5.37. The quantitative estimate of drug-likeness (QED) is 0.707. The number of hydrogen-bond donors (Lipinski definition) is 2. The van der Waals surface area contributed by atoms with Crippen molar-refractivity contribution in [1.29, 1.82) is 0 Å². The largest absolute Gasteiger partial charge is 0.315 e. The van der Waals surface area contributed by atoms with Crippen LogP contribution in [0, 0.1) is 0 Å². The van der Waals surface area contributed by atoms with E-state index in [9.17, 15) is 8.42 Å². The SMILES string of the molecule is CCCNCCNS(=O)(=O)c1c(Cl)cnn1C. The molecule has 8 heteroatoms. The van der Waals surface area contributed by atoms with Crippen molar-refractivity contribution in [2.45, 2.75) is 18.4 Å². The summed E-state index contributed by atoms with van der Waals surface area (Å²) in [5.41, 5.74) is 0. The molecule has 1 aromatic rings. The number of rotatable bonds is 7. The summed E-state index contributed by atoms with van der Waals surface area (Å²) in [5.74, 6) is 0. The van der Waals surface area contributed by atoms with E-state index in [0.717, 1.165) is 13.0 Å². The van der Waals surface area contributed by atoms with Crippen molar-refractivity contribution in [3.8, 4) is 0 Å². The number of nitrogens with zero attached hydrogens (tertiary/aromatic N) is 2. The van der Waals surface area contributed by atoms with Gasteiger partial charge in [-0.3, -0.25) is 4.68 Å². The third-order valence-corrected chi connectivity index (χ3v) is 4.08. The molecule has 6 nitrogen and oxygen atoms in total. The van der Waals surface area contributed by atoms with E-state index >= 15 is 0 Å². The first kappa shape index (κ1) is 14.4. The molecular formula is C9H17ClN4O2S. The average Bonchev–Trinajstić information content (AvgIpc) is 2.58. The summed E-state index contributed by atoms with van der Waals surface area (Å²) in [7, 11) is -2.05. The molecule has 0 fully saturated rings. The number of aryl methyl sites for hydroxylation is 1. The fourth-order valence-electron chi connectivity index (χ4n) is 1.35. The maximum absolute atomic E-state index is 11.9. The number of sulfonamides is 1. The molecule has 0 bridgehead atoms. The zero-order chi connectivity index (χ0) is 12.9. The van der Waals surface area contributed by atoms with Crippen molar-refractivity contribution in [2.75, 3.05) is 19.6 Å². The van der Waals surface area contributed by atoms with E-state index in [4.69, 9.17) is 11.6 Å². The van der Waals surface area contributed by atoms with Gasteiger partial charge in [0, 0.05) is 20.1 Å². The summed E-state index contributed by atoms with van der Waals surface area (Å²) in [6, 6.07) is 0. The van der Waals surface area contributed by atoms with E-state index in [-0.39, 0.29) is 10.0 Å². The molecule has 0 aliphatic heterocycles. The van der Waals surface area contributed by atoms with Crippen molar-refractivity contribution in [3.05, 3.63) is 11.2 Å². The lowest BCUT2D eigenvalue weighted by Crippen LogP contribution is -2.33. The molecule has 0 aromatic carbocycles. The maximum atomic E-state index is 11.9. The van der Waals surface area contributed by atoms with Gasteiger partial charge in [-0.25, -0.2) is 13.1 Å². The molecular weight excluding hydrogens is 264 g/mol. The first-order chi connectivity index (χ1) is 7.99. The highest BCUT2D eigenvalue weighted by Gasteiger charge is 2.21. The molecule has 0 amide bonds. The monoisotopic (exact) mass is 280 g/mol. The van der Waals surface area contributed by atoms with E-state index in [2.05, 4.69) is 15.1 Å². The zero-order valence-corrected chi connectivity index (χ0v) is 11.5. The van der Waals surface area contributed by atoms with Crippen LogP contribution in [0.3, 0.4) is 0 Å². The average molecular weight is 281 g/mol. The zero-order valence-electron chi connectivity index (χ0n) is 9.90. The predicted molar refractivity (Wildman–Crippen MR) is 66.6 cm³/mol. The molecule has 17 heavy (non-hydrogen) atoms. The lowest BCUT2D eigenvalue weighted by Gasteiger charge is -2.07. The topological polar surface area (TPSA) is 76.0 Å². The number of halogens is 1. The normalized spacial score (nSPS) is 11.9. The van der Waals surface area contributed by atoms with Crippen LogP contribution in [-0.4, -0.2) is 37.8 Å². The van der Waals surface area contributed by atoms with Crippen LogP contribution in [0.5, 0.6) is 0 Å². The van der Waals surface area contributed by atoms with E-state index < -0.39 is 10.0 Å². The van der Waals surface area contributed by atoms with Gasteiger partial charge in [0.15, 0.2) is 5.03 Å². The van der Waals surface area contributed by atoms with Crippen LogP contribution < -0.4 is 10.0 Å². The predicted octanol–water partition coefficient (Wildman–Crippen LogP) is 0.351. The standard InChI is InChI=1S/C9H17ClN4O2S/c1-3-4-11-5-6-13-17(15,16)9-8(10)7-12-14(9)2/h7,11,13H,3-6H2,1-2H3. The summed E-state index contributed by atoms with van der Waals surface area (Å²) in [6.45, 7) is 3.83. The van der Waals surface area contributed by atoms with Gasteiger partial charge in [-0.05, 0) is 13.0 Å². The second kappa shape index (κ2) is 6.34. The minimum absolute atomic E-state index is 0.00495. The van der Waals surface area contributed by atoms with Crippen molar-refractivity contribution in [3.63, 3.8) is 0 Å². The third kappa shape index (κ3) is 3.95. The molecule has 1 rings (SSSR count). The smallest absolute Gasteiger partial charge is 0.259 e. The Hall–Kier alpha value is -0.630. The first-order valence-corrected chi connectivity index (χ1v) is 7.23. The summed E-state index contributed by atoms with van der Waals surface area (Å²) in [6.07, 6.45) is 2.33. The van der Waals surface area contributed by atoms with Gasteiger partial charge < -0.3 is 5.32 Å². The van der Waals surface area contributed by atoms with Gasteiger partial charge in [0.2, 0.25) is 0 Å². The summed E-state index contributed by atoms with van der Waals surface area (Å²) in [4.78, 5) is 0. The highest BCUT2D eigenvalue weighted by Crippen LogP contribution is 2.18. The molecule has 0 aliphatic rings. The van der Waals surface area contributed by atoms with Crippen LogP contribution >= 0.6 is 11.6 Å². The van der Waals surface area contributed by atoms with Crippen molar-refractivity contribution in [1.82, 2.24) is 19.8 Å². The van der Waals surface area contributed by atoms with Crippen molar-refractivity contribution >= 4 is 21.6 Å². The van der Waals surface area contributed by atoms with Gasteiger partial charge in [-0.15, -0.1) is 0 Å². The number of nitrogens with one attached hydrogen (secondary N) is 2. The fourth-order valence-corrected chi connectivity index (χ4v) is 3.03. The van der Waals surface area contributed by atoms with Gasteiger partial charge in [0.05, 0.1) is 11.2 Å². The summed E-state index contributed by atoms with van der Waals surface area (Å²) < 4.78 is 27.5. The molecule has 0 spiro atoms. The van der Waals surface area contributed by atoms with E-state index in [1.165, 1.54) is 17.9 Å². The van der Waals surface area contributed by atoms with Crippen LogP contribution in [0.15, 0.2) is 11.2 Å². The van der Waals surface area contributed by atoms with Crippen LogP contribution in [0.4, 0.5) is 0 Å². The van der Waals surface area contributed by atoms with Crippen molar-refractivity contribution < 1.29 is 8.42 Å². The maximum Gasteiger partial charge on any atom is 0.259 e. The Bertz CT molecular complexity index is 438. The molecule has 0 saturated heterocycles. The molecule has 0 unspecified atom stereocenters. The molecule has 0 aliphatic carbocycles. The van der Waals surface area contributed by atoms with Gasteiger partial charge in [-0.2, -0.15) is 5.10 Å². The molecule has 98 valence electrons. The van der Waals surface area contributed by atoms with Gasteiger partial charge in [0.1, 0.15) is 0 Å². The van der Waals surface area contributed by atoms with E-state index in [1.54, 1.807) is 0 Å². The summed E-state index contributed by atoms with van der Waals surface area (Å²) in [5, 5.41) is 7.01. The third-order valence-electron chi connectivity index (χ3n) is 2.12. The second-order valence-corrected chi connectivity index (χ2v) is 5.66. The molecule has 0 atom stereocenters. The molecule has 0 radical (unpaired) electrons. The van der Waals surface area contributed by atoms with Crippen LogP contribution in [0.2, 0.25) is 5.02 Å². The van der Waals surface area contributed by atoms with Gasteiger partial charge in [0.25, 0.3) is 10.0 Å². The summed E-state index contributed by atoms with van der Waals surface area (Å²) >= 11 is 5.77. The Balaban J connectivity index is 2.58. The van der Waals surface area contributed by atoms with Crippen molar-refractivity contribution in [2.24, 2.45) is 7.05 Å². The Labute approximate surface area is 106 Å². The lowest BCUT2D eigenvalue weighted by atomic mass is 10.5. The number of hydrogen-bond acceptors (Lipinski definition) is 4. The van der Waals surface area contributed by atoms with Gasteiger partial charge in [-0.1, -0.05) is 18.5 Å². The molecule has 2 N–H and O–H groups in total. The van der Waals surface area contributed by atoms with Crippen LogP contribution in [0.25, 0.3) is 0 Å². The molecule has 1 heterocycles.